The van der Waals surface area contributed by atoms with Gasteiger partial charge in [0.2, 0.25) is 0 Å². The molecule has 4 rings (SSSR count). The molecular formula is C22H17Cl2FN4O3. The van der Waals surface area contributed by atoms with Crippen molar-refractivity contribution in [1.29, 1.82) is 0 Å². The van der Waals surface area contributed by atoms with Crippen LogP contribution in [0.3, 0.4) is 0 Å². The van der Waals surface area contributed by atoms with Gasteiger partial charge >= 0.3 is 0 Å². The Labute approximate surface area is 192 Å². The Morgan fingerprint density at radius 3 is 2.69 bits per heavy atom. The molecule has 164 valence electrons. The minimum Gasteiger partial charge on any atom is -0.489 e. The van der Waals surface area contributed by atoms with E-state index in [0.717, 1.165) is 5.56 Å². The lowest BCUT2D eigenvalue weighted by atomic mass is 10.2. The molecule has 7 nitrogen and oxygen atoms in total. The van der Waals surface area contributed by atoms with Crippen LogP contribution in [0.5, 0.6) is 5.75 Å². The summed E-state index contributed by atoms with van der Waals surface area (Å²) in [7, 11) is 0. The van der Waals surface area contributed by atoms with Gasteiger partial charge in [-0.2, -0.15) is 5.10 Å². The van der Waals surface area contributed by atoms with Crippen molar-refractivity contribution in [2.24, 2.45) is 0 Å². The van der Waals surface area contributed by atoms with Gasteiger partial charge in [0.25, 0.3) is 5.91 Å². The Kier molecular flexibility index (Phi) is 6.43. The zero-order valence-corrected chi connectivity index (χ0v) is 18.3. The summed E-state index contributed by atoms with van der Waals surface area (Å²) in [6.07, 6.45) is 1.73. The molecule has 10 heteroatoms. The van der Waals surface area contributed by atoms with Crippen LogP contribution in [-0.4, -0.2) is 20.8 Å². The van der Waals surface area contributed by atoms with Gasteiger partial charge in [0, 0.05) is 12.3 Å². The SMILES string of the molecule is Cc1onc(C(=O)Nc2ccn(Cc3ccc(Cl)c(Cl)c3)n2)c1COc1ccc(F)cc1. The van der Waals surface area contributed by atoms with Crippen molar-refractivity contribution in [3.63, 3.8) is 0 Å². The van der Waals surface area contributed by atoms with Crippen molar-refractivity contribution in [2.45, 2.75) is 20.1 Å². The Morgan fingerprint density at radius 1 is 1.16 bits per heavy atom. The fourth-order valence-electron chi connectivity index (χ4n) is 2.94. The number of benzene rings is 2. The van der Waals surface area contributed by atoms with Crippen LogP contribution >= 0.6 is 23.2 Å². The van der Waals surface area contributed by atoms with Gasteiger partial charge in [0.05, 0.1) is 22.2 Å². The summed E-state index contributed by atoms with van der Waals surface area (Å²) in [5, 5.41) is 11.8. The molecule has 0 aliphatic carbocycles. The first kappa shape index (κ1) is 21.9. The summed E-state index contributed by atoms with van der Waals surface area (Å²) in [6.45, 7) is 2.17. The van der Waals surface area contributed by atoms with Crippen LogP contribution < -0.4 is 10.1 Å². The number of rotatable bonds is 7. The van der Waals surface area contributed by atoms with Crippen LogP contribution in [0.25, 0.3) is 0 Å². The van der Waals surface area contributed by atoms with Gasteiger partial charge in [-0.1, -0.05) is 34.4 Å². The molecule has 0 atom stereocenters. The third-order valence-corrected chi connectivity index (χ3v) is 5.35. The van der Waals surface area contributed by atoms with E-state index in [-0.39, 0.29) is 18.1 Å². The van der Waals surface area contributed by atoms with E-state index in [1.165, 1.54) is 24.3 Å². The number of aromatic nitrogens is 3. The minimum atomic E-state index is -0.487. The van der Waals surface area contributed by atoms with E-state index in [4.69, 9.17) is 32.5 Å². The van der Waals surface area contributed by atoms with E-state index in [2.05, 4.69) is 15.6 Å². The molecule has 0 aliphatic heterocycles. The average molecular weight is 475 g/mol. The summed E-state index contributed by atoms with van der Waals surface area (Å²) in [5.74, 6) is 0.402. The highest BCUT2D eigenvalue weighted by Crippen LogP contribution is 2.23. The third kappa shape index (κ3) is 5.09. The van der Waals surface area contributed by atoms with E-state index in [9.17, 15) is 9.18 Å². The number of halogens is 3. The van der Waals surface area contributed by atoms with Gasteiger partial charge in [-0.15, -0.1) is 0 Å². The number of nitrogens with one attached hydrogen (secondary N) is 1. The van der Waals surface area contributed by atoms with E-state index < -0.39 is 5.91 Å². The van der Waals surface area contributed by atoms with Crippen molar-refractivity contribution in [3.05, 3.63) is 93.2 Å². The number of amides is 1. The summed E-state index contributed by atoms with van der Waals surface area (Å²) in [6, 6.07) is 12.6. The number of carbonyl (C=O) groups is 1. The van der Waals surface area contributed by atoms with Crippen LogP contribution in [0.4, 0.5) is 10.2 Å². The fourth-order valence-corrected chi connectivity index (χ4v) is 3.26. The summed E-state index contributed by atoms with van der Waals surface area (Å²) in [5.41, 5.74) is 1.48. The summed E-state index contributed by atoms with van der Waals surface area (Å²) in [4.78, 5) is 12.7. The number of ether oxygens (including phenoxy) is 1. The van der Waals surface area contributed by atoms with Gasteiger partial charge in [-0.3, -0.25) is 9.48 Å². The number of nitrogens with zero attached hydrogens (tertiary/aromatic N) is 3. The Bertz CT molecular complexity index is 1250. The topological polar surface area (TPSA) is 82.2 Å². The lowest BCUT2D eigenvalue weighted by Crippen LogP contribution is -2.16. The largest absolute Gasteiger partial charge is 0.489 e. The lowest BCUT2D eigenvalue weighted by Gasteiger charge is -2.07. The van der Waals surface area contributed by atoms with Gasteiger partial charge in [-0.25, -0.2) is 4.39 Å². The van der Waals surface area contributed by atoms with E-state index in [1.54, 1.807) is 36.0 Å². The van der Waals surface area contributed by atoms with Gasteiger partial charge in [-0.05, 0) is 48.9 Å². The molecule has 0 saturated heterocycles. The fraction of sp³-hybridized carbons (Fsp3) is 0.136. The van der Waals surface area contributed by atoms with E-state index in [0.29, 0.717) is 39.5 Å². The van der Waals surface area contributed by atoms with Crippen LogP contribution in [0.15, 0.2) is 59.3 Å². The number of anilines is 1. The van der Waals surface area contributed by atoms with Crippen LogP contribution in [0.2, 0.25) is 10.0 Å². The maximum atomic E-state index is 13.0. The molecule has 1 amide bonds. The molecule has 0 saturated carbocycles. The summed E-state index contributed by atoms with van der Waals surface area (Å²) >= 11 is 12.0. The quantitative estimate of drug-likeness (QED) is 0.382. The molecule has 0 bridgehead atoms. The molecule has 32 heavy (non-hydrogen) atoms. The predicted molar refractivity (Wildman–Crippen MR) is 118 cm³/mol. The van der Waals surface area contributed by atoms with Crippen molar-refractivity contribution in [2.75, 3.05) is 5.32 Å². The van der Waals surface area contributed by atoms with Crippen LogP contribution in [0.1, 0.15) is 27.4 Å². The second kappa shape index (κ2) is 9.42. The second-order valence-corrected chi connectivity index (χ2v) is 7.72. The molecule has 2 aromatic carbocycles. The third-order valence-electron chi connectivity index (χ3n) is 4.61. The summed E-state index contributed by atoms with van der Waals surface area (Å²) < 4.78 is 25.5. The highest BCUT2D eigenvalue weighted by molar-refractivity contribution is 6.42. The number of carbonyl (C=O) groups excluding carboxylic acids is 1. The van der Waals surface area contributed by atoms with Crippen molar-refractivity contribution < 1.29 is 18.4 Å². The first-order valence-corrected chi connectivity index (χ1v) is 10.3. The Balaban J connectivity index is 1.42. The van der Waals surface area contributed by atoms with Crippen LogP contribution in [-0.2, 0) is 13.2 Å². The molecule has 0 spiro atoms. The number of hydrogen-bond donors (Lipinski definition) is 1. The molecule has 2 aromatic heterocycles. The predicted octanol–water partition coefficient (Wildman–Crippen LogP) is 5.51. The van der Waals surface area contributed by atoms with Crippen molar-refractivity contribution in [3.8, 4) is 5.75 Å². The molecule has 0 fully saturated rings. The standard InChI is InChI=1S/C22H17Cl2FN4O3/c1-13-17(12-31-16-5-3-15(25)4-6-16)21(28-32-13)22(30)26-20-8-9-29(27-20)11-14-2-7-18(23)19(24)10-14/h2-10H,11-12H2,1H3,(H,26,27,30). The highest BCUT2D eigenvalue weighted by atomic mass is 35.5. The van der Waals surface area contributed by atoms with Gasteiger partial charge < -0.3 is 14.6 Å². The molecule has 4 aromatic rings. The minimum absolute atomic E-state index is 0.0372. The normalized spacial score (nSPS) is 10.9. The first-order chi connectivity index (χ1) is 15.4. The van der Waals surface area contributed by atoms with Crippen LogP contribution in [0, 0.1) is 12.7 Å². The lowest BCUT2D eigenvalue weighted by molar-refractivity contribution is 0.101. The Hall–Kier alpha value is -3.36. The van der Waals surface area contributed by atoms with Crippen molar-refractivity contribution in [1.82, 2.24) is 14.9 Å². The highest BCUT2D eigenvalue weighted by Gasteiger charge is 2.21. The molecule has 0 radical (unpaired) electrons. The van der Waals surface area contributed by atoms with Crippen molar-refractivity contribution >= 4 is 34.9 Å². The van der Waals surface area contributed by atoms with Gasteiger partial charge in [0.15, 0.2) is 11.5 Å². The zero-order valence-electron chi connectivity index (χ0n) is 16.8. The second-order valence-electron chi connectivity index (χ2n) is 6.91. The monoisotopic (exact) mass is 474 g/mol. The molecule has 0 aliphatic rings. The maximum absolute atomic E-state index is 13.0. The number of aryl methyl sites for hydroxylation is 1. The molecule has 1 N–H and O–H groups in total. The smallest absolute Gasteiger partial charge is 0.279 e. The Morgan fingerprint density at radius 2 is 1.94 bits per heavy atom. The molecular weight excluding hydrogens is 458 g/mol. The maximum Gasteiger partial charge on any atom is 0.279 e. The average Bonchev–Trinajstić information content (AvgIpc) is 3.36. The van der Waals surface area contributed by atoms with E-state index >= 15 is 0 Å². The number of hydrogen-bond acceptors (Lipinski definition) is 5. The zero-order chi connectivity index (χ0) is 22.7. The van der Waals surface area contributed by atoms with Gasteiger partial charge in [0.1, 0.15) is 23.9 Å². The molecule has 0 unspecified atom stereocenters. The molecule has 2 heterocycles. The van der Waals surface area contributed by atoms with E-state index in [1.807, 2.05) is 6.07 Å². The first-order valence-electron chi connectivity index (χ1n) is 9.51.